The van der Waals surface area contributed by atoms with E-state index in [1.54, 1.807) is 0 Å². The summed E-state index contributed by atoms with van der Waals surface area (Å²) in [6, 6.07) is 21.9. The lowest BCUT2D eigenvalue weighted by Gasteiger charge is -2.17. The summed E-state index contributed by atoms with van der Waals surface area (Å²) in [5.41, 5.74) is 11.3. The van der Waals surface area contributed by atoms with Gasteiger partial charge in [0.15, 0.2) is 0 Å². The Balaban J connectivity index is 2.05. The number of hydrogen-bond acceptors (Lipinski definition) is 1. The van der Waals surface area contributed by atoms with E-state index in [0.29, 0.717) is 11.8 Å². The van der Waals surface area contributed by atoms with E-state index in [2.05, 4.69) is 95.3 Å². The Bertz CT molecular complexity index is 1010. The van der Waals surface area contributed by atoms with Gasteiger partial charge in [0.05, 0.1) is 11.4 Å². The molecule has 0 bridgehead atoms. The molecule has 0 spiro atoms. The van der Waals surface area contributed by atoms with E-state index in [0.717, 1.165) is 11.4 Å². The largest absolute Gasteiger partial charge is 0.247 e. The normalized spacial score (nSPS) is 14.1. The van der Waals surface area contributed by atoms with Crippen molar-refractivity contribution in [1.82, 2.24) is 0 Å². The summed E-state index contributed by atoms with van der Waals surface area (Å²) in [7, 11) is 0. The van der Waals surface area contributed by atoms with Crippen LogP contribution in [-0.2, 0) is 0 Å². The Morgan fingerprint density at radius 3 is 1.81 bits per heavy atom. The number of aryl methyl sites for hydroxylation is 1. The van der Waals surface area contributed by atoms with Crippen molar-refractivity contribution in [1.29, 1.82) is 0 Å². The molecule has 0 aliphatic heterocycles. The van der Waals surface area contributed by atoms with Crippen LogP contribution in [0, 0.1) is 6.92 Å². The van der Waals surface area contributed by atoms with Gasteiger partial charge in [0.1, 0.15) is 0 Å². The van der Waals surface area contributed by atoms with Crippen LogP contribution in [0.2, 0.25) is 0 Å². The minimum Gasteiger partial charge on any atom is -0.247 e. The standard InChI is InChI=1S/C26H27N/c1-16(2)19-13-9-14-20(17(3)4)25(19)27-26-23-12-7-6-11-21(23)22-15-8-10-18(5)24(22)26/h6-17H,1-5H3. The van der Waals surface area contributed by atoms with Crippen molar-refractivity contribution in [3.63, 3.8) is 0 Å². The second-order valence-electron chi connectivity index (χ2n) is 8.10. The smallest absolute Gasteiger partial charge is 0.0796 e. The summed E-state index contributed by atoms with van der Waals surface area (Å²) in [5.74, 6) is 0.882. The summed E-state index contributed by atoms with van der Waals surface area (Å²) in [4.78, 5) is 5.36. The molecule has 0 saturated carbocycles. The zero-order chi connectivity index (χ0) is 19.1. The zero-order valence-corrected chi connectivity index (χ0v) is 16.9. The summed E-state index contributed by atoms with van der Waals surface area (Å²) < 4.78 is 0. The fourth-order valence-electron chi connectivity index (χ4n) is 4.13. The molecule has 4 rings (SSSR count). The molecule has 1 heteroatoms. The zero-order valence-electron chi connectivity index (χ0n) is 16.9. The van der Waals surface area contributed by atoms with Crippen LogP contribution in [-0.4, -0.2) is 5.71 Å². The molecule has 136 valence electrons. The summed E-state index contributed by atoms with van der Waals surface area (Å²) >= 11 is 0. The van der Waals surface area contributed by atoms with Crippen molar-refractivity contribution in [2.45, 2.75) is 46.5 Å². The number of benzene rings is 3. The molecule has 0 unspecified atom stereocenters. The van der Waals surface area contributed by atoms with Crippen molar-refractivity contribution in [3.05, 3.63) is 88.5 Å². The van der Waals surface area contributed by atoms with Gasteiger partial charge in [0, 0.05) is 11.1 Å². The summed E-state index contributed by atoms with van der Waals surface area (Å²) in [6.07, 6.45) is 0. The van der Waals surface area contributed by atoms with Gasteiger partial charge in [-0.15, -0.1) is 0 Å². The molecule has 0 atom stereocenters. The molecule has 0 radical (unpaired) electrons. The quantitative estimate of drug-likeness (QED) is 0.364. The third-order valence-electron chi connectivity index (χ3n) is 5.55. The number of rotatable bonds is 3. The minimum absolute atomic E-state index is 0.441. The Morgan fingerprint density at radius 1 is 0.630 bits per heavy atom. The molecule has 3 aromatic carbocycles. The average Bonchev–Trinajstić information content (AvgIpc) is 2.97. The summed E-state index contributed by atoms with van der Waals surface area (Å²) in [6.45, 7) is 11.2. The van der Waals surface area contributed by atoms with E-state index in [4.69, 9.17) is 4.99 Å². The Hall–Kier alpha value is -2.67. The van der Waals surface area contributed by atoms with Crippen LogP contribution in [0.15, 0.2) is 65.7 Å². The molecule has 1 aliphatic carbocycles. The fourth-order valence-corrected chi connectivity index (χ4v) is 4.13. The van der Waals surface area contributed by atoms with E-state index in [1.165, 1.54) is 38.9 Å². The molecular weight excluding hydrogens is 326 g/mol. The lowest BCUT2D eigenvalue weighted by molar-refractivity contribution is 0.835. The highest BCUT2D eigenvalue weighted by Gasteiger charge is 2.26. The molecule has 3 aromatic rings. The number of nitrogens with zero attached hydrogens (tertiary/aromatic N) is 1. The van der Waals surface area contributed by atoms with E-state index in [1.807, 2.05) is 0 Å². The van der Waals surface area contributed by atoms with Crippen LogP contribution < -0.4 is 0 Å². The molecule has 0 amide bonds. The highest BCUT2D eigenvalue weighted by atomic mass is 14.8. The second kappa shape index (κ2) is 6.81. The minimum atomic E-state index is 0.441. The summed E-state index contributed by atoms with van der Waals surface area (Å²) in [5, 5.41) is 0. The number of hydrogen-bond donors (Lipinski definition) is 0. The first kappa shape index (κ1) is 17.7. The number of aliphatic imine (C=N–C) groups is 1. The van der Waals surface area contributed by atoms with Gasteiger partial charge >= 0.3 is 0 Å². The van der Waals surface area contributed by atoms with Crippen LogP contribution in [0.25, 0.3) is 11.1 Å². The monoisotopic (exact) mass is 353 g/mol. The van der Waals surface area contributed by atoms with Crippen molar-refractivity contribution >= 4 is 11.4 Å². The third-order valence-corrected chi connectivity index (χ3v) is 5.55. The van der Waals surface area contributed by atoms with Crippen LogP contribution >= 0.6 is 0 Å². The maximum Gasteiger partial charge on any atom is 0.0796 e. The Morgan fingerprint density at radius 2 is 1.19 bits per heavy atom. The van der Waals surface area contributed by atoms with Crippen molar-refractivity contribution < 1.29 is 0 Å². The molecule has 0 N–H and O–H groups in total. The second-order valence-corrected chi connectivity index (χ2v) is 8.10. The fraction of sp³-hybridized carbons (Fsp3) is 0.269. The highest BCUT2D eigenvalue weighted by molar-refractivity contribution is 6.26. The van der Waals surface area contributed by atoms with Crippen molar-refractivity contribution in [2.75, 3.05) is 0 Å². The van der Waals surface area contributed by atoms with Gasteiger partial charge in [-0.3, -0.25) is 0 Å². The van der Waals surface area contributed by atoms with Crippen LogP contribution in [0.3, 0.4) is 0 Å². The molecular formula is C26H27N. The molecule has 1 nitrogen and oxygen atoms in total. The first-order valence-corrected chi connectivity index (χ1v) is 9.90. The predicted molar refractivity (Wildman–Crippen MR) is 117 cm³/mol. The van der Waals surface area contributed by atoms with E-state index in [-0.39, 0.29) is 0 Å². The van der Waals surface area contributed by atoms with E-state index < -0.39 is 0 Å². The van der Waals surface area contributed by atoms with Gasteiger partial charge in [-0.1, -0.05) is 88.4 Å². The molecule has 1 aliphatic rings. The van der Waals surface area contributed by atoms with E-state index >= 15 is 0 Å². The molecule has 0 aromatic heterocycles. The van der Waals surface area contributed by atoms with Gasteiger partial charge in [0.2, 0.25) is 0 Å². The topological polar surface area (TPSA) is 12.4 Å². The predicted octanol–water partition coefficient (Wildman–Crippen LogP) is 7.39. The van der Waals surface area contributed by atoms with E-state index in [9.17, 15) is 0 Å². The SMILES string of the molecule is Cc1cccc2c1C(=Nc1c(C(C)C)cccc1C(C)C)c1ccccc1-2. The molecule has 0 fully saturated rings. The average molecular weight is 354 g/mol. The van der Waals surface area contributed by atoms with Gasteiger partial charge in [-0.05, 0) is 46.6 Å². The highest BCUT2D eigenvalue weighted by Crippen LogP contribution is 2.42. The lowest BCUT2D eigenvalue weighted by Crippen LogP contribution is -2.03. The maximum atomic E-state index is 5.36. The first-order chi connectivity index (χ1) is 13.0. The van der Waals surface area contributed by atoms with Crippen molar-refractivity contribution in [2.24, 2.45) is 4.99 Å². The third kappa shape index (κ3) is 2.92. The Kier molecular flexibility index (Phi) is 4.47. The van der Waals surface area contributed by atoms with Crippen LogP contribution in [0.1, 0.15) is 67.3 Å². The lowest BCUT2D eigenvalue weighted by atomic mass is 9.92. The number of para-hydroxylation sites is 1. The van der Waals surface area contributed by atoms with Gasteiger partial charge < -0.3 is 0 Å². The van der Waals surface area contributed by atoms with Gasteiger partial charge in [-0.2, -0.15) is 0 Å². The maximum absolute atomic E-state index is 5.36. The molecule has 27 heavy (non-hydrogen) atoms. The first-order valence-electron chi connectivity index (χ1n) is 9.90. The van der Waals surface area contributed by atoms with Gasteiger partial charge in [-0.25, -0.2) is 4.99 Å². The Labute approximate surface area is 162 Å². The van der Waals surface area contributed by atoms with Crippen molar-refractivity contribution in [3.8, 4) is 11.1 Å². The van der Waals surface area contributed by atoms with Crippen LogP contribution in [0.4, 0.5) is 5.69 Å². The van der Waals surface area contributed by atoms with Gasteiger partial charge in [0.25, 0.3) is 0 Å². The molecule has 0 heterocycles. The van der Waals surface area contributed by atoms with Crippen LogP contribution in [0.5, 0.6) is 0 Å². The number of fused-ring (bicyclic) bond motifs is 3. The molecule has 0 saturated heterocycles.